The molecule has 1 N–H and O–H groups in total. The number of morpholine rings is 1. The lowest BCUT2D eigenvalue weighted by atomic mass is 10.0. The van der Waals surface area contributed by atoms with Crippen LogP contribution in [0, 0.1) is 0 Å². The number of carboxylic acids is 1. The Kier molecular flexibility index (Phi) is 4.68. The van der Waals surface area contributed by atoms with E-state index in [9.17, 15) is 4.79 Å². The Morgan fingerprint density at radius 3 is 2.83 bits per heavy atom. The van der Waals surface area contributed by atoms with Gasteiger partial charge in [-0.15, -0.1) is 0 Å². The second-order valence-electron chi connectivity index (χ2n) is 4.20. The lowest BCUT2D eigenvalue weighted by molar-refractivity contribution is -0.139. The summed E-state index contributed by atoms with van der Waals surface area (Å²) in [6.07, 6.45) is 3.51. The second kappa shape index (κ2) is 6.26. The topological polar surface area (TPSA) is 62.7 Å². The molecule has 98 valence electrons. The number of ether oxygens (including phenoxy) is 1. The van der Waals surface area contributed by atoms with E-state index in [1.807, 2.05) is 6.07 Å². The zero-order valence-electron chi connectivity index (χ0n) is 9.88. The van der Waals surface area contributed by atoms with Gasteiger partial charge in [-0.1, -0.05) is 0 Å². The number of carbonyl (C=O) groups is 1. The van der Waals surface area contributed by atoms with Crippen LogP contribution >= 0.6 is 15.9 Å². The highest BCUT2D eigenvalue weighted by Crippen LogP contribution is 2.26. The van der Waals surface area contributed by atoms with Gasteiger partial charge in [0.1, 0.15) is 0 Å². The van der Waals surface area contributed by atoms with Gasteiger partial charge in [-0.05, 0) is 27.6 Å². The molecule has 0 spiro atoms. The quantitative estimate of drug-likeness (QED) is 0.916. The molecule has 0 radical (unpaired) electrons. The molecular weight excluding hydrogens is 300 g/mol. The van der Waals surface area contributed by atoms with Crippen molar-refractivity contribution in [3.8, 4) is 0 Å². The molecule has 1 aliphatic heterocycles. The SMILES string of the molecule is O=C(O)CC(c1cncc(Br)c1)N1CCOCC1. The maximum Gasteiger partial charge on any atom is 0.305 e. The standard InChI is InChI=1S/C12H15BrN2O3/c13-10-5-9(7-14-8-10)11(6-12(16)17)15-1-3-18-4-2-15/h5,7-8,11H,1-4,6H2,(H,16,17). The number of carboxylic acid groups (broad SMARTS) is 1. The third-order valence-electron chi connectivity index (χ3n) is 2.97. The van der Waals surface area contributed by atoms with Gasteiger partial charge >= 0.3 is 5.97 Å². The number of nitrogens with zero attached hydrogens (tertiary/aromatic N) is 2. The van der Waals surface area contributed by atoms with Gasteiger partial charge in [-0.25, -0.2) is 0 Å². The molecule has 1 aromatic rings. The molecule has 18 heavy (non-hydrogen) atoms. The molecule has 1 aliphatic rings. The Labute approximate surface area is 114 Å². The molecule has 1 saturated heterocycles. The molecule has 5 nitrogen and oxygen atoms in total. The summed E-state index contributed by atoms with van der Waals surface area (Å²) in [5, 5.41) is 9.06. The molecule has 0 aliphatic carbocycles. The molecule has 0 amide bonds. The molecule has 1 unspecified atom stereocenters. The van der Waals surface area contributed by atoms with E-state index >= 15 is 0 Å². The summed E-state index contributed by atoms with van der Waals surface area (Å²) in [7, 11) is 0. The zero-order valence-corrected chi connectivity index (χ0v) is 11.5. The maximum absolute atomic E-state index is 11.0. The molecule has 1 aromatic heterocycles. The summed E-state index contributed by atoms with van der Waals surface area (Å²) >= 11 is 3.37. The minimum absolute atomic E-state index is 0.0815. The minimum atomic E-state index is -0.800. The fraction of sp³-hybridized carbons (Fsp3) is 0.500. The Balaban J connectivity index is 2.20. The van der Waals surface area contributed by atoms with Gasteiger partial charge in [0.15, 0.2) is 0 Å². The molecular formula is C12H15BrN2O3. The van der Waals surface area contributed by atoms with Crippen LogP contribution in [0.25, 0.3) is 0 Å². The van der Waals surface area contributed by atoms with Gasteiger partial charge in [0.25, 0.3) is 0 Å². The molecule has 1 fully saturated rings. The van der Waals surface area contributed by atoms with E-state index in [0.717, 1.165) is 23.1 Å². The van der Waals surface area contributed by atoms with Crippen molar-refractivity contribution in [2.24, 2.45) is 0 Å². The highest BCUT2D eigenvalue weighted by atomic mass is 79.9. The fourth-order valence-electron chi connectivity index (χ4n) is 2.12. The van der Waals surface area contributed by atoms with Gasteiger partial charge in [0, 0.05) is 36.0 Å². The van der Waals surface area contributed by atoms with Crippen LogP contribution in [0.3, 0.4) is 0 Å². The zero-order chi connectivity index (χ0) is 13.0. The minimum Gasteiger partial charge on any atom is -0.481 e. The average molecular weight is 315 g/mol. The molecule has 0 saturated carbocycles. The second-order valence-corrected chi connectivity index (χ2v) is 5.11. The first-order valence-electron chi connectivity index (χ1n) is 5.81. The van der Waals surface area contributed by atoms with Crippen LogP contribution < -0.4 is 0 Å². The smallest absolute Gasteiger partial charge is 0.305 e. The van der Waals surface area contributed by atoms with Crippen LogP contribution in [-0.4, -0.2) is 47.3 Å². The van der Waals surface area contributed by atoms with Crippen molar-refractivity contribution in [2.75, 3.05) is 26.3 Å². The van der Waals surface area contributed by atoms with Crippen molar-refractivity contribution in [2.45, 2.75) is 12.5 Å². The van der Waals surface area contributed by atoms with Crippen molar-refractivity contribution >= 4 is 21.9 Å². The summed E-state index contributed by atoms with van der Waals surface area (Å²) in [5.74, 6) is -0.800. The van der Waals surface area contributed by atoms with Crippen molar-refractivity contribution in [1.82, 2.24) is 9.88 Å². The maximum atomic E-state index is 11.0. The van der Waals surface area contributed by atoms with E-state index in [-0.39, 0.29) is 12.5 Å². The largest absolute Gasteiger partial charge is 0.481 e. The van der Waals surface area contributed by atoms with Crippen molar-refractivity contribution in [3.05, 3.63) is 28.5 Å². The first-order valence-corrected chi connectivity index (χ1v) is 6.60. The van der Waals surface area contributed by atoms with Crippen molar-refractivity contribution in [1.29, 1.82) is 0 Å². The van der Waals surface area contributed by atoms with E-state index in [0.29, 0.717) is 13.2 Å². The first kappa shape index (κ1) is 13.5. The van der Waals surface area contributed by atoms with E-state index in [1.165, 1.54) is 0 Å². The summed E-state index contributed by atoms with van der Waals surface area (Å²) < 4.78 is 6.16. The third-order valence-corrected chi connectivity index (χ3v) is 3.40. The normalized spacial score (nSPS) is 18.5. The molecule has 6 heteroatoms. The van der Waals surface area contributed by atoms with Gasteiger partial charge < -0.3 is 9.84 Å². The molecule has 2 heterocycles. The van der Waals surface area contributed by atoms with Crippen LogP contribution in [0.4, 0.5) is 0 Å². The van der Waals surface area contributed by atoms with Crippen molar-refractivity contribution < 1.29 is 14.6 Å². The van der Waals surface area contributed by atoms with E-state index in [2.05, 4.69) is 25.8 Å². The van der Waals surface area contributed by atoms with Gasteiger partial charge in [0.2, 0.25) is 0 Å². The lowest BCUT2D eigenvalue weighted by Gasteiger charge is -2.33. The van der Waals surface area contributed by atoms with Crippen molar-refractivity contribution in [3.63, 3.8) is 0 Å². The van der Waals surface area contributed by atoms with Crippen LogP contribution in [0.5, 0.6) is 0 Å². The number of halogens is 1. The predicted molar refractivity (Wildman–Crippen MR) is 69.3 cm³/mol. The molecule has 0 bridgehead atoms. The summed E-state index contributed by atoms with van der Waals surface area (Å²) in [5.41, 5.74) is 0.925. The lowest BCUT2D eigenvalue weighted by Crippen LogP contribution is -2.39. The van der Waals surface area contributed by atoms with Crippen LogP contribution in [0.15, 0.2) is 22.9 Å². The molecule has 1 atom stereocenters. The highest BCUT2D eigenvalue weighted by Gasteiger charge is 2.25. The van der Waals surface area contributed by atoms with Crippen LogP contribution in [0.2, 0.25) is 0 Å². The van der Waals surface area contributed by atoms with E-state index < -0.39 is 5.97 Å². The van der Waals surface area contributed by atoms with Gasteiger partial charge in [-0.3, -0.25) is 14.7 Å². The first-order chi connectivity index (χ1) is 8.66. The third kappa shape index (κ3) is 3.51. The number of aliphatic carboxylic acids is 1. The monoisotopic (exact) mass is 314 g/mol. The predicted octanol–water partition coefficient (Wildman–Crippen LogP) is 1.69. The van der Waals surface area contributed by atoms with E-state index in [1.54, 1.807) is 12.4 Å². The number of rotatable bonds is 4. The van der Waals surface area contributed by atoms with Crippen LogP contribution in [0.1, 0.15) is 18.0 Å². The number of aromatic nitrogens is 1. The number of pyridine rings is 1. The molecule has 2 rings (SSSR count). The van der Waals surface area contributed by atoms with Crippen LogP contribution in [-0.2, 0) is 9.53 Å². The van der Waals surface area contributed by atoms with Gasteiger partial charge in [-0.2, -0.15) is 0 Å². The Morgan fingerprint density at radius 1 is 1.50 bits per heavy atom. The Morgan fingerprint density at radius 2 is 2.22 bits per heavy atom. The number of hydrogen-bond acceptors (Lipinski definition) is 4. The Bertz CT molecular complexity index is 422. The Hall–Kier alpha value is -0.980. The summed E-state index contributed by atoms with van der Waals surface area (Å²) in [4.78, 5) is 17.3. The fourth-order valence-corrected chi connectivity index (χ4v) is 2.51. The molecule has 0 aromatic carbocycles. The average Bonchev–Trinajstić information content (AvgIpc) is 2.37. The van der Waals surface area contributed by atoms with Gasteiger partial charge in [0.05, 0.1) is 19.6 Å². The highest BCUT2D eigenvalue weighted by molar-refractivity contribution is 9.10. The summed E-state index contributed by atoms with van der Waals surface area (Å²) in [6, 6.07) is 1.78. The van der Waals surface area contributed by atoms with E-state index in [4.69, 9.17) is 9.84 Å². The number of hydrogen-bond donors (Lipinski definition) is 1. The summed E-state index contributed by atoms with van der Waals surface area (Å²) in [6.45, 7) is 2.81.